The van der Waals surface area contributed by atoms with E-state index in [1.165, 1.54) is 0 Å². The smallest absolute Gasteiger partial charge is 0.278 e. The number of hydrogen-bond donors (Lipinski definition) is 0. The maximum atomic E-state index is 10.7. The van der Waals surface area contributed by atoms with Crippen molar-refractivity contribution in [3.05, 3.63) is 0 Å². The molecule has 1 aliphatic heterocycles. The van der Waals surface area contributed by atoms with Gasteiger partial charge in [-0.15, -0.1) is 6.42 Å². The Balaban J connectivity index is 2.45. The average Bonchev–Trinajstić information content (AvgIpc) is 2.73. The summed E-state index contributed by atoms with van der Waals surface area (Å²) in [6, 6.07) is 0. The summed E-state index contributed by atoms with van der Waals surface area (Å²) in [6.07, 6.45) is 6.95. The van der Waals surface area contributed by atoms with Crippen molar-refractivity contribution in [3.8, 4) is 24.2 Å². The predicted octanol–water partition coefficient (Wildman–Crippen LogP) is 1.51. The van der Waals surface area contributed by atoms with Crippen LogP contribution in [0.25, 0.3) is 0 Å². The van der Waals surface area contributed by atoms with Gasteiger partial charge in [0.15, 0.2) is 5.79 Å². The molecule has 0 spiro atoms. The molecular weight excluding hydrogens is 204 g/mol. The molecular formula is C13H16O3. The van der Waals surface area contributed by atoms with Crippen molar-refractivity contribution in [2.45, 2.75) is 45.0 Å². The van der Waals surface area contributed by atoms with E-state index in [9.17, 15) is 4.79 Å². The van der Waals surface area contributed by atoms with Gasteiger partial charge in [0, 0.05) is 6.42 Å². The molecule has 0 bridgehead atoms. The fraction of sp³-hybridized carbons (Fsp3) is 0.615. The Kier molecular flexibility index (Phi) is 4.55. The Morgan fingerprint density at radius 1 is 1.50 bits per heavy atom. The summed E-state index contributed by atoms with van der Waals surface area (Å²) in [6.45, 7) is 4.58. The Morgan fingerprint density at radius 2 is 2.19 bits per heavy atom. The lowest BCUT2D eigenvalue weighted by Crippen LogP contribution is -2.28. The largest absolute Gasteiger partial charge is 0.347 e. The Hall–Kier alpha value is -1.29. The number of rotatable bonds is 3. The molecule has 16 heavy (non-hydrogen) atoms. The summed E-state index contributed by atoms with van der Waals surface area (Å²) in [5.41, 5.74) is 0. The van der Waals surface area contributed by atoms with E-state index in [1.54, 1.807) is 0 Å². The number of ether oxygens (including phenoxy) is 2. The number of terminal acetylenes is 1. The lowest BCUT2D eigenvalue weighted by atomic mass is 10.1. The van der Waals surface area contributed by atoms with Crippen molar-refractivity contribution in [1.29, 1.82) is 0 Å². The molecule has 1 saturated heterocycles. The third-order valence-corrected chi connectivity index (χ3v) is 2.65. The van der Waals surface area contributed by atoms with Crippen LogP contribution in [0.2, 0.25) is 0 Å². The minimum atomic E-state index is -0.490. The van der Waals surface area contributed by atoms with Crippen LogP contribution < -0.4 is 0 Å². The summed E-state index contributed by atoms with van der Waals surface area (Å²) in [5.74, 6) is 6.08. The molecule has 0 amide bonds. The third kappa shape index (κ3) is 3.10. The predicted molar refractivity (Wildman–Crippen MR) is 60.4 cm³/mol. The van der Waals surface area contributed by atoms with Crippen molar-refractivity contribution in [3.63, 3.8) is 0 Å². The van der Waals surface area contributed by atoms with Gasteiger partial charge < -0.3 is 9.47 Å². The van der Waals surface area contributed by atoms with Crippen LogP contribution in [0, 0.1) is 24.2 Å². The minimum absolute atomic E-state index is 0.0574. The zero-order valence-electron chi connectivity index (χ0n) is 9.71. The molecule has 0 aromatic heterocycles. The van der Waals surface area contributed by atoms with Gasteiger partial charge in [-0.25, -0.2) is 0 Å². The van der Waals surface area contributed by atoms with Crippen LogP contribution >= 0.6 is 0 Å². The zero-order valence-corrected chi connectivity index (χ0v) is 9.71. The molecule has 3 nitrogen and oxygen atoms in total. The van der Waals surface area contributed by atoms with Crippen molar-refractivity contribution < 1.29 is 14.3 Å². The second-order valence-electron chi connectivity index (χ2n) is 3.65. The molecule has 1 rings (SSSR count). The number of ketones is 1. The first-order valence-electron chi connectivity index (χ1n) is 5.47. The third-order valence-electron chi connectivity index (χ3n) is 2.65. The van der Waals surface area contributed by atoms with E-state index in [0.717, 1.165) is 12.8 Å². The summed E-state index contributed by atoms with van der Waals surface area (Å²) in [4.78, 5) is 10.7. The fourth-order valence-corrected chi connectivity index (χ4v) is 1.62. The zero-order chi connectivity index (χ0) is 12.0. The fourth-order valence-electron chi connectivity index (χ4n) is 1.62. The van der Waals surface area contributed by atoms with Gasteiger partial charge in [0.2, 0.25) is 0 Å². The van der Waals surface area contributed by atoms with Crippen LogP contribution in [-0.2, 0) is 14.3 Å². The first-order valence-corrected chi connectivity index (χ1v) is 5.47. The number of hydrogen-bond acceptors (Lipinski definition) is 3. The first-order chi connectivity index (χ1) is 7.65. The molecule has 0 aliphatic carbocycles. The SMILES string of the molecule is C#CC(=O)C#CC[C@@H]1COC(CC)(CC)O1. The van der Waals surface area contributed by atoms with Crippen molar-refractivity contribution >= 4 is 5.78 Å². The topological polar surface area (TPSA) is 35.5 Å². The number of carbonyl (C=O) groups is 1. The first kappa shape index (κ1) is 12.8. The van der Waals surface area contributed by atoms with Gasteiger partial charge in [-0.05, 0) is 24.7 Å². The standard InChI is InChI=1S/C13H16O3/c1-4-11(14)8-7-9-12-10-15-13(5-2,6-3)16-12/h1,12H,5-6,9-10H2,2-3H3/t12-/m1/s1. The van der Waals surface area contributed by atoms with Gasteiger partial charge >= 0.3 is 0 Å². The van der Waals surface area contributed by atoms with Gasteiger partial charge in [-0.2, -0.15) is 0 Å². The van der Waals surface area contributed by atoms with E-state index in [0.29, 0.717) is 13.0 Å². The van der Waals surface area contributed by atoms with Crippen molar-refractivity contribution in [2.75, 3.05) is 6.61 Å². The van der Waals surface area contributed by atoms with Gasteiger partial charge in [0.25, 0.3) is 5.78 Å². The Bertz CT molecular complexity index is 350. The van der Waals surface area contributed by atoms with Crippen LogP contribution in [0.5, 0.6) is 0 Å². The van der Waals surface area contributed by atoms with Gasteiger partial charge in [-0.3, -0.25) is 4.79 Å². The van der Waals surface area contributed by atoms with Gasteiger partial charge in [0.1, 0.15) is 0 Å². The molecule has 1 fully saturated rings. The number of Topliss-reactive ketones (excluding diaryl/α,β-unsaturated/α-hetero) is 1. The summed E-state index contributed by atoms with van der Waals surface area (Å²) < 4.78 is 11.4. The van der Waals surface area contributed by atoms with Gasteiger partial charge in [0.05, 0.1) is 12.7 Å². The molecule has 3 heteroatoms. The molecule has 1 atom stereocenters. The van der Waals surface area contributed by atoms with E-state index < -0.39 is 11.6 Å². The normalized spacial score (nSPS) is 21.9. The Morgan fingerprint density at radius 3 is 2.69 bits per heavy atom. The van der Waals surface area contributed by atoms with Crippen LogP contribution in [0.3, 0.4) is 0 Å². The second kappa shape index (κ2) is 5.70. The van der Waals surface area contributed by atoms with Crippen LogP contribution in [0.1, 0.15) is 33.1 Å². The van der Waals surface area contributed by atoms with Gasteiger partial charge in [-0.1, -0.05) is 19.8 Å². The average molecular weight is 220 g/mol. The summed E-state index contributed by atoms with van der Waals surface area (Å²) in [5, 5.41) is 0. The molecule has 0 radical (unpaired) electrons. The van der Waals surface area contributed by atoms with E-state index in [-0.39, 0.29) is 6.10 Å². The van der Waals surface area contributed by atoms with Crippen molar-refractivity contribution in [1.82, 2.24) is 0 Å². The van der Waals surface area contributed by atoms with E-state index >= 15 is 0 Å². The highest BCUT2D eigenvalue weighted by Gasteiger charge is 2.37. The van der Waals surface area contributed by atoms with E-state index in [1.807, 2.05) is 19.8 Å². The maximum absolute atomic E-state index is 10.7. The van der Waals surface area contributed by atoms with Crippen LogP contribution in [0.4, 0.5) is 0 Å². The molecule has 0 N–H and O–H groups in total. The van der Waals surface area contributed by atoms with Crippen LogP contribution in [0.15, 0.2) is 0 Å². The highest BCUT2D eigenvalue weighted by Crippen LogP contribution is 2.30. The Labute approximate surface area is 96.5 Å². The minimum Gasteiger partial charge on any atom is -0.347 e. The second-order valence-corrected chi connectivity index (χ2v) is 3.65. The highest BCUT2D eigenvalue weighted by molar-refractivity contribution is 6.08. The number of carbonyl (C=O) groups excluding carboxylic acids is 1. The highest BCUT2D eigenvalue weighted by atomic mass is 16.7. The van der Waals surface area contributed by atoms with E-state index in [4.69, 9.17) is 15.9 Å². The molecule has 0 saturated carbocycles. The van der Waals surface area contributed by atoms with Crippen molar-refractivity contribution in [2.24, 2.45) is 0 Å². The molecule has 1 aliphatic rings. The monoisotopic (exact) mass is 220 g/mol. The molecule has 0 unspecified atom stereocenters. The lowest BCUT2D eigenvalue weighted by Gasteiger charge is -2.24. The molecule has 0 aromatic carbocycles. The lowest BCUT2D eigenvalue weighted by molar-refractivity contribution is -0.171. The maximum Gasteiger partial charge on any atom is 0.278 e. The quantitative estimate of drug-likeness (QED) is 0.534. The summed E-state index contributed by atoms with van der Waals surface area (Å²) in [7, 11) is 0. The molecule has 1 heterocycles. The summed E-state index contributed by atoms with van der Waals surface area (Å²) >= 11 is 0. The van der Waals surface area contributed by atoms with E-state index in [2.05, 4.69) is 11.8 Å². The molecule has 86 valence electrons. The van der Waals surface area contributed by atoms with Crippen LogP contribution in [-0.4, -0.2) is 24.3 Å². The molecule has 0 aromatic rings.